The summed E-state index contributed by atoms with van der Waals surface area (Å²) in [7, 11) is 0. The van der Waals surface area contributed by atoms with Gasteiger partial charge in [-0.2, -0.15) is 0 Å². The lowest BCUT2D eigenvalue weighted by molar-refractivity contribution is -0.383. The maximum Gasteiger partial charge on any atom is 0.354 e. The van der Waals surface area contributed by atoms with Crippen LogP contribution in [0.15, 0.2) is 29.1 Å². The van der Waals surface area contributed by atoms with Gasteiger partial charge in [0.2, 0.25) is 11.6 Å². The third-order valence-electron chi connectivity index (χ3n) is 2.57. The van der Waals surface area contributed by atoms with E-state index in [1.807, 2.05) is 20.8 Å². The maximum absolute atomic E-state index is 11.3. The molecule has 0 amide bonds. The van der Waals surface area contributed by atoms with Crippen LogP contribution in [0.25, 0.3) is 0 Å². The summed E-state index contributed by atoms with van der Waals surface area (Å²) < 4.78 is 5.17. The first-order chi connectivity index (χ1) is 10.4. The van der Waals surface area contributed by atoms with Crippen LogP contribution in [-0.2, 0) is 6.54 Å². The lowest BCUT2D eigenvalue weighted by Gasteiger charge is -2.21. The minimum atomic E-state index is -0.531. The fourth-order valence-corrected chi connectivity index (χ4v) is 1.60. The number of rotatable bonds is 6. The highest BCUT2D eigenvalue weighted by atomic mass is 16.6. The molecule has 0 unspecified atom stereocenters. The Morgan fingerprint density at radius 1 is 1.32 bits per heavy atom. The molecule has 0 fully saturated rings. The van der Waals surface area contributed by atoms with Crippen molar-refractivity contribution >= 4 is 17.3 Å². The largest absolute Gasteiger partial charge is 0.467 e. The van der Waals surface area contributed by atoms with Gasteiger partial charge in [0.05, 0.1) is 17.7 Å². The minimum Gasteiger partial charge on any atom is -0.467 e. The fourth-order valence-electron chi connectivity index (χ4n) is 1.60. The summed E-state index contributed by atoms with van der Waals surface area (Å²) in [5, 5.41) is 14.2. The number of anilines is 2. The quantitative estimate of drug-likeness (QED) is 0.549. The normalized spacial score (nSPS) is 11.2. The molecule has 0 atom stereocenters. The van der Waals surface area contributed by atoms with Gasteiger partial charge in [0, 0.05) is 5.54 Å². The number of nitro groups is 1. The average Bonchev–Trinajstić information content (AvgIpc) is 2.95. The van der Waals surface area contributed by atoms with Crippen molar-refractivity contribution in [1.29, 1.82) is 0 Å². The van der Waals surface area contributed by atoms with Crippen LogP contribution in [0.3, 0.4) is 0 Å². The highest BCUT2D eigenvalue weighted by Gasteiger charge is 2.24. The molecule has 3 N–H and O–H groups in total. The molecule has 2 aromatic rings. The van der Waals surface area contributed by atoms with Crippen LogP contribution in [0.1, 0.15) is 26.5 Å². The van der Waals surface area contributed by atoms with E-state index in [2.05, 4.69) is 26.1 Å². The monoisotopic (exact) mass is 306 g/mol. The Morgan fingerprint density at radius 3 is 2.64 bits per heavy atom. The van der Waals surface area contributed by atoms with Gasteiger partial charge in [0.15, 0.2) is 0 Å². The van der Waals surface area contributed by atoms with E-state index < -0.39 is 4.92 Å². The lowest BCUT2D eigenvalue weighted by atomic mass is 10.1. The zero-order valence-corrected chi connectivity index (χ0v) is 12.6. The highest BCUT2D eigenvalue weighted by molar-refractivity contribution is 5.68. The zero-order valence-electron chi connectivity index (χ0n) is 12.6. The number of nitrogens with one attached hydrogen (secondary N) is 3. The predicted molar refractivity (Wildman–Crippen MR) is 81.2 cm³/mol. The molecule has 0 spiro atoms. The zero-order chi connectivity index (χ0) is 16.2. The summed E-state index contributed by atoms with van der Waals surface area (Å²) in [6, 6.07) is 3.51. The van der Waals surface area contributed by atoms with Crippen molar-refractivity contribution in [3.05, 3.63) is 40.6 Å². The third-order valence-corrected chi connectivity index (χ3v) is 2.57. The molecule has 118 valence electrons. The van der Waals surface area contributed by atoms with Gasteiger partial charge < -0.3 is 9.73 Å². The second kappa shape index (κ2) is 6.39. The number of hydrogen-bond donors (Lipinski definition) is 3. The summed E-state index contributed by atoms with van der Waals surface area (Å²) in [4.78, 5) is 18.6. The summed E-state index contributed by atoms with van der Waals surface area (Å²) in [6.07, 6.45) is 2.79. The Morgan fingerprint density at radius 2 is 2.05 bits per heavy atom. The number of hydrazine groups is 1. The summed E-state index contributed by atoms with van der Waals surface area (Å²) in [5.41, 5.74) is 5.19. The van der Waals surface area contributed by atoms with E-state index in [-0.39, 0.29) is 29.4 Å². The van der Waals surface area contributed by atoms with E-state index in [0.717, 1.165) is 0 Å². The first-order valence-electron chi connectivity index (χ1n) is 6.65. The van der Waals surface area contributed by atoms with Gasteiger partial charge in [-0.25, -0.2) is 15.4 Å². The van der Waals surface area contributed by atoms with Crippen molar-refractivity contribution in [1.82, 2.24) is 15.4 Å². The van der Waals surface area contributed by atoms with Crippen LogP contribution in [0.2, 0.25) is 0 Å². The Kier molecular flexibility index (Phi) is 4.56. The molecule has 0 radical (unpaired) electrons. The molecule has 2 heterocycles. The number of hydrogen-bond acceptors (Lipinski definition) is 8. The number of furan rings is 1. The average molecular weight is 306 g/mol. The SMILES string of the molecule is CC(C)(C)NNc1ncnc(NCc2ccco2)c1[N+](=O)[O-]. The third kappa shape index (κ3) is 4.16. The molecule has 0 saturated carbocycles. The van der Waals surface area contributed by atoms with Gasteiger partial charge in [0.25, 0.3) is 0 Å². The molecule has 0 aliphatic heterocycles. The molecule has 9 heteroatoms. The van der Waals surface area contributed by atoms with Gasteiger partial charge in [-0.1, -0.05) is 0 Å². The highest BCUT2D eigenvalue weighted by Crippen LogP contribution is 2.28. The van der Waals surface area contributed by atoms with E-state index in [1.165, 1.54) is 12.6 Å². The van der Waals surface area contributed by atoms with Crippen LogP contribution < -0.4 is 16.2 Å². The molecule has 2 rings (SSSR count). The van der Waals surface area contributed by atoms with Crippen molar-refractivity contribution < 1.29 is 9.34 Å². The first-order valence-corrected chi connectivity index (χ1v) is 6.65. The summed E-state index contributed by atoms with van der Waals surface area (Å²) in [5.74, 6) is 0.863. The molecule has 0 aromatic carbocycles. The van der Waals surface area contributed by atoms with E-state index in [1.54, 1.807) is 12.1 Å². The molecule has 22 heavy (non-hydrogen) atoms. The molecular weight excluding hydrogens is 288 g/mol. The van der Waals surface area contributed by atoms with Crippen molar-refractivity contribution in [2.24, 2.45) is 0 Å². The predicted octanol–water partition coefficient (Wildman–Crippen LogP) is 2.30. The second-order valence-corrected chi connectivity index (χ2v) is 5.61. The Balaban J connectivity index is 2.20. The number of aromatic nitrogens is 2. The number of nitrogens with zero attached hydrogens (tertiary/aromatic N) is 3. The molecule has 0 bridgehead atoms. The maximum atomic E-state index is 11.3. The van der Waals surface area contributed by atoms with Crippen molar-refractivity contribution in [2.75, 3.05) is 10.7 Å². The minimum absolute atomic E-state index is 0.0943. The van der Waals surface area contributed by atoms with Crippen LogP contribution in [0.5, 0.6) is 0 Å². The van der Waals surface area contributed by atoms with Crippen LogP contribution >= 0.6 is 0 Å². The van der Waals surface area contributed by atoms with Crippen molar-refractivity contribution in [2.45, 2.75) is 32.9 Å². The Labute approximate surface area is 127 Å². The molecular formula is C13H18N6O3. The molecule has 0 aliphatic carbocycles. The topological polar surface area (TPSA) is 118 Å². The Bertz CT molecular complexity index is 636. The first kappa shape index (κ1) is 15.7. The standard InChI is InChI=1S/C13H18N6O3/c1-13(2,3)18-17-12-10(19(20)21)11(15-8-16-12)14-7-9-5-4-6-22-9/h4-6,8,18H,7H2,1-3H3,(H2,14,15,16,17). The van der Waals surface area contributed by atoms with Crippen molar-refractivity contribution in [3.63, 3.8) is 0 Å². The molecule has 2 aromatic heterocycles. The van der Waals surface area contributed by atoms with E-state index in [4.69, 9.17) is 4.42 Å². The van der Waals surface area contributed by atoms with E-state index in [0.29, 0.717) is 5.76 Å². The van der Waals surface area contributed by atoms with Crippen LogP contribution in [0.4, 0.5) is 17.3 Å². The molecule has 9 nitrogen and oxygen atoms in total. The van der Waals surface area contributed by atoms with Crippen molar-refractivity contribution in [3.8, 4) is 0 Å². The van der Waals surface area contributed by atoms with Gasteiger partial charge in [-0.15, -0.1) is 0 Å². The smallest absolute Gasteiger partial charge is 0.354 e. The second-order valence-electron chi connectivity index (χ2n) is 5.61. The lowest BCUT2D eigenvalue weighted by Crippen LogP contribution is -2.40. The van der Waals surface area contributed by atoms with Crippen LogP contribution in [0, 0.1) is 10.1 Å². The van der Waals surface area contributed by atoms with Gasteiger partial charge in [-0.05, 0) is 32.9 Å². The van der Waals surface area contributed by atoms with E-state index >= 15 is 0 Å². The fraction of sp³-hybridized carbons (Fsp3) is 0.385. The van der Waals surface area contributed by atoms with Crippen LogP contribution in [-0.4, -0.2) is 20.4 Å². The summed E-state index contributed by atoms with van der Waals surface area (Å²) in [6.45, 7) is 6.05. The van der Waals surface area contributed by atoms with Gasteiger partial charge >= 0.3 is 5.69 Å². The van der Waals surface area contributed by atoms with E-state index in [9.17, 15) is 10.1 Å². The van der Waals surface area contributed by atoms with Gasteiger partial charge in [0.1, 0.15) is 12.1 Å². The molecule has 0 saturated heterocycles. The summed E-state index contributed by atoms with van der Waals surface area (Å²) >= 11 is 0. The Hall–Kier alpha value is -2.68. The molecule has 0 aliphatic rings. The van der Waals surface area contributed by atoms with Gasteiger partial charge in [-0.3, -0.25) is 15.5 Å².